The van der Waals surface area contributed by atoms with Crippen LogP contribution in [-0.4, -0.2) is 19.1 Å². The molecular formula is C12H15F3N2. The summed E-state index contributed by atoms with van der Waals surface area (Å²) < 4.78 is 37.7. The van der Waals surface area contributed by atoms with Crippen molar-refractivity contribution in [1.82, 2.24) is 0 Å². The molecule has 0 spiro atoms. The first-order valence-corrected chi connectivity index (χ1v) is 5.64. The molecule has 0 amide bonds. The van der Waals surface area contributed by atoms with Gasteiger partial charge in [-0.3, -0.25) is 0 Å². The summed E-state index contributed by atoms with van der Waals surface area (Å²) in [6, 6.07) is 4.06. The second kappa shape index (κ2) is 4.22. The van der Waals surface area contributed by atoms with E-state index in [-0.39, 0.29) is 6.04 Å². The number of hydrogen-bond acceptors (Lipinski definition) is 2. The molecule has 17 heavy (non-hydrogen) atoms. The lowest BCUT2D eigenvalue weighted by molar-refractivity contribution is -0.137. The number of alkyl halides is 3. The van der Waals surface area contributed by atoms with Gasteiger partial charge in [-0.15, -0.1) is 0 Å². The second-order valence-corrected chi connectivity index (χ2v) is 4.22. The lowest BCUT2D eigenvalue weighted by atomic mass is 10.1. The van der Waals surface area contributed by atoms with Gasteiger partial charge in [0.05, 0.1) is 5.56 Å². The number of likely N-dealkylation sites (N-methyl/N-ethyl adjacent to an activating group) is 1. The zero-order valence-corrected chi connectivity index (χ0v) is 9.59. The molecule has 2 rings (SSSR count). The van der Waals surface area contributed by atoms with Gasteiger partial charge < -0.3 is 10.6 Å². The minimum Gasteiger partial charge on any atom is -0.367 e. The Bertz CT molecular complexity index is 415. The van der Waals surface area contributed by atoms with Gasteiger partial charge in [-0.05, 0) is 37.1 Å². The highest BCUT2D eigenvalue weighted by Gasteiger charge is 2.34. The maximum Gasteiger partial charge on any atom is 0.416 e. The lowest BCUT2D eigenvalue weighted by Gasteiger charge is -2.24. The Kier molecular flexibility index (Phi) is 3.03. The van der Waals surface area contributed by atoms with E-state index in [1.165, 1.54) is 6.07 Å². The fourth-order valence-electron chi connectivity index (χ4n) is 2.41. The quantitative estimate of drug-likeness (QED) is 0.865. The number of hydrogen-bond donors (Lipinski definition) is 1. The van der Waals surface area contributed by atoms with Crippen LogP contribution < -0.4 is 10.6 Å². The summed E-state index contributed by atoms with van der Waals surface area (Å²) in [6.07, 6.45) is -3.67. The first kappa shape index (κ1) is 12.2. The summed E-state index contributed by atoms with van der Waals surface area (Å²) in [4.78, 5) is 2.06. The summed E-state index contributed by atoms with van der Waals surface area (Å²) in [5.74, 6) is 0. The summed E-state index contributed by atoms with van der Waals surface area (Å²) >= 11 is 0. The van der Waals surface area contributed by atoms with Crippen LogP contribution in [-0.2, 0) is 12.6 Å². The predicted molar refractivity (Wildman–Crippen MR) is 61.0 cm³/mol. The van der Waals surface area contributed by atoms with Crippen LogP contribution in [0.4, 0.5) is 18.9 Å². The highest BCUT2D eigenvalue weighted by molar-refractivity contribution is 5.60. The maximum absolute atomic E-state index is 12.6. The Morgan fingerprint density at radius 2 is 2.12 bits per heavy atom. The third kappa shape index (κ3) is 2.11. The van der Waals surface area contributed by atoms with Crippen LogP contribution in [0.15, 0.2) is 18.2 Å². The molecule has 1 aromatic rings. The van der Waals surface area contributed by atoms with Crippen molar-refractivity contribution in [3.05, 3.63) is 29.3 Å². The third-order valence-electron chi connectivity index (χ3n) is 3.23. The van der Waals surface area contributed by atoms with Crippen molar-refractivity contribution in [2.24, 2.45) is 5.73 Å². The zero-order valence-electron chi connectivity index (χ0n) is 9.59. The molecule has 1 aliphatic rings. The first-order chi connectivity index (χ1) is 7.97. The van der Waals surface area contributed by atoms with Gasteiger partial charge in [0.2, 0.25) is 0 Å². The summed E-state index contributed by atoms with van der Waals surface area (Å²) in [5, 5.41) is 0. The van der Waals surface area contributed by atoms with E-state index in [1.807, 2.05) is 6.92 Å². The number of nitrogens with zero attached hydrogens (tertiary/aromatic N) is 1. The van der Waals surface area contributed by atoms with Gasteiger partial charge >= 0.3 is 6.18 Å². The fraction of sp³-hybridized carbons (Fsp3) is 0.500. The molecule has 94 valence electrons. The van der Waals surface area contributed by atoms with Crippen molar-refractivity contribution >= 4 is 5.69 Å². The second-order valence-electron chi connectivity index (χ2n) is 4.22. The SMILES string of the molecule is CCN1c2ccc(C(F)(F)F)cc2CC1CN. The molecule has 0 saturated carbocycles. The number of rotatable bonds is 2. The molecule has 0 radical (unpaired) electrons. The predicted octanol–water partition coefficient (Wildman–Crippen LogP) is 2.42. The number of benzene rings is 1. The molecule has 1 unspecified atom stereocenters. The normalized spacial score (nSPS) is 19.6. The Hall–Kier alpha value is -1.23. The van der Waals surface area contributed by atoms with Gasteiger partial charge in [0.15, 0.2) is 0 Å². The molecule has 1 aliphatic heterocycles. The van der Waals surface area contributed by atoms with Gasteiger partial charge in [0, 0.05) is 24.8 Å². The molecule has 2 nitrogen and oxygen atoms in total. The van der Waals surface area contributed by atoms with Gasteiger partial charge in [-0.1, -0.05) is 0 Å². The number of nitrogens with two attached hydrogens (primary N) is 1. The smallest absolute Gasteiger partial charge is 0.367 e. The van der Waals surface area contributed by atoms with Crippen molar-refractivity contribution in [2.45, 2.75) is 25.6 Å². The molecule has 5 heteroatoms. The molecule has 0 aromatic heterocycles. The minimum atomic E-state index is -4.27. The van der Waals surface area contributed by atoms with Crippen LogP contribution in [0.5, 0.6) is 0 Å². The molecular weight excluding hydrogens is 229 g/mol. The topological polar surface area (TPSA) is 29.3 Å². The molecule has 0 fully saturated rings. The van der Waals surface area contributed by atoms with Crippen molar-refractivity contribution in [3.8, 4) is 0 Å². The minimum absolute atomic E-state index is 0.124. The van der Waals surface area contributed by atoms with E-state index in [9.17, 15) is 13.2 Å². The van der Waals surface area contributed by atoms with Crippen LogP contribution in [0, 0.1) is 0 Å². The lowest BCUT2D eigenvalue weighted by Crippen LogP contribution is -2.37. The molecule has 1 aromatic carbocycles. The molecule has 0 aliphatic carbocycles. The van der Waals surface area contributed by atoms with Crippen molar-refractivity contribution in [3.63, 3.8) is 0 Å². The highest BCUT2D eigenvalue weighted by atomic mass is 19.4. The van der Waals surface area contributed by atoms with Crippen LogP contribution in [0.2, 0.25) is 0 Å². The van der Waals surface area contributed by atoms with Crippen LogP contribution >= 0.6 is 0 Å². The van der Waals surface area contributed by atoms with Crippen molar-refractivity contribution in [2.75, 3.05) is 18.0 Å². The van der Waals surface area contributed by atoms with E-state index < -0.39 is 11.7 Å². The van der Waals surface area contributed by atoms with Gasteiger partial charge in [-0.2, -0.15) is 13.2 Å². The van der Waals surface area contributed by atoms with E-state index in [0.29, 0.717) is 13.0 Å². The zero-order chi connectivity index (χ0) is 12.6. The van der Waals surface area contributed by atoms with Gasteiger partial charge in [0.1, 0.15) is 0 Å². The molecule has 1 atom stereocenters. The molecule has 0 saturated heterocycles. The van der Waals surface area contributed by atoms with Crippen LogP contribution in [0.25, 0.3) is 0 Å². The van der Waals surface area contributed by atoms with E-state index >= 15 is 0 Å². The first-order valence-electron chi connectivity index (χ1n) is 5.64. The van der Waals surface area contributed by atoms with Crippen LogP contribution in [0.3, 0.4) is 0 Å². The Labute approximate surface area is 98.2 Å². The molecule has 0 bridgehead atoms. The van der Waals surface area contributed by atoms with E-state index in [0.717, 1.165) is 23.9 Å². The van der Waals surface area contributed by atoms with Crippen molar-refractivity contribution < 1.29 is 13.2 Å². The highest BCUT2D eigenvalue weighted by Crippen LogP contribution is 2.37. The standard InChI is InChI=1S/C12H15F3N2/c1-2-17-10(7-16)6-8-5-9(12(13,14)15)3-4-11(8)17/h3-5,10H,2,6-7,16H2,1H3. The summed E-state index contributed by atoms with van der Waals surface area (Å²) in [5.41, 5.74) is 6.69. The third-order valence-corrected chi connectivity index (χ3v) is 3.23. The largest absolute Gasteiger partial charge is 0.416 e. The average Bonchev–Trinajstić information content (AvgIpc) is 2.64. The number of anilines is 1. The molecule has 2 N–H and O–H groups in total. The Balaban J connectivity index is 2.38. The monoisotopic (exact) mass is 244 g/mol. The van der Waals surface area contributed by atoms with E-state index in [1.54, 1.807) is 6.07 Å². The average molecular weight is 244 g/mol. The molecule has 1 heterocycles. The Morgan fingerprint density at radius 3 is 2.65 bits per heavy atom. The van der Waals surface area contributed by atoms with Gasteiger partial charge in [-0.25, -0.2) is 0 Å². The van der Waals surface area contributed by atoms with Gasteiger partial charge in [0.25, 0.3) is 0 Å². The Morgan fingerprint density at radius 1 is 1.41 bits per heavy atom. The fourth-order valence-corrected chi connectivity index (χ4v) is 2.41. The van der Waals surface area contributed by atoms with E-state index in [4.69, 9.17) is 5.73 Å². The van der Waals surface area contributed by atoms with E-state index in [2.05, 4.69) is 4.90 Å². The van der Waals surface area contributed by atoms with Crippen LogP contribution in [0.1, 0.15) is 18.1 Å². The maximum atomic E-state index is 12.6. The summed E-state index contributed by atoms with van der Waals surface area (Å²) in [6.45, 7) is 3.21. The number of halogens is 3. The van der Waals surface area contributed by atoms with Crippen molar-refractivity contribution in [1.29, 1.82) is 0 Å². The number of fused-ring (bicyclic) bond motifs is 1. The summed E-state index contributed by atoms with van der Waals surface area (Å²) in [7, 11) is 0.